The van der Waals surface area contributed by atoms with Crippen LogP contribution in [0.3, 0.4) is 0 Å². The quantitative estimate of drug-likeness (QED) is 0.572. The minimum Gasteiger partial charge on any atom is -0.372 e. The van der Waals surface area contributed by atoms with E-state index >= 15 is 0 Å². The van der Waals surface area contributed by atoms with E-state index in [9.17, 15) is 24.0 Å². The van der Waals surface area contributed by atoms with Gasteiger partial charge in [0, 0.05) is 19.6 Å². The van der Waals surface area contributed by atoms with Crippen LogP contribution in [-0.4, -0.2) is 60.2 Å². The molecule has 0 radical (unpaired) electrons. The van der Waals surface area contributed by atoms with Crippen LogP contribution in [0.5, 0.6) is 0 Å². The van der Waals surface area contributed by atoms with Gasteiger partial charge in [-0.3, -0.25) is 34.2 Å². The summed E-state index contributed by atoms with van der Waals surface area (Å²) in [5, 5.41) is 5.00. The minimum absolute atomic E-state index is 0.0388. The smallest absolute Gasteiger partial charge is 0.262 e. The van der Waals surface area contributed by atoms with Crippen LogP contribution in [0.15, 0.2) is 42.5 Å². The summed E-state index contributed by atoms with van der Waals surface area (Å²) in [6.45, 7) is 2.82. The first-order valence-corrected chi connectivity index (χ1v) is 11.2. The fourth-order valence-corrected chi connectivity index (χ4v) is 4.20. The molecule has 9 heteroatoms. The number of imide groups is 2. The molecule has 0 saturated carbocycles. The van der Waals surface area contributed by atoms with Crippen LogP contribution in [0.1, 0.15) is 46.0 Å². The van der Waals surface area contributed by atoms with Gasteiger partial charge in [-0.1, -0.05) is 36.4 Å². The van der Waals surface area contributed by atoms with Crippen LogP contribution in [0.4, 0.5) is 0 Å². The maximum Gasteiger partial charge on any atom is 0.262 e. The van der Waals surface area contributed by atoms with Gasteiger partial charge in [-0.2, -0.15) is 0 Å². The van der Waals surface area contributed by atoms with E-state index in [4.69, 9.17) is 4.74 Å². The summed E-state index contributed by atoms with van der Waals surface area (Å²) in [7, 11) is 0. The molecular weight excluding hydrogens is 438 g/mol. The summed E-state index contributed by atoms with van der Waals surface area (Å²) in [6, 6.07) is 11.6. The Labute approximate surface area is 196 Å². The highest BCUT2D eigenvalue weighted by Gasteiger charge is 2.45. The SMILES string of the molecule is CCOCC(=O)NCCc1ccc(-c2cccc3c2C(=O)N(C2CCC(=O)NC2=O)C3=O)cc1. The predicted molar refractivity (Wildman–Crippen MR) is 122 cm³/mol. The van der Waals surface area contributed by atoms with Crippen molar-refractivity contribution in [3.8, 4) is 11.1 Å². The molecule has 0 aliphatic carbocycles. The van der Waals surface area contributed by atoms with Crippen molar-refractivity contribution in [2.45, 2.75) is 32.2 Å². The molecular formula is C25H25N3O6. The fourth-order valence-electron chi connectivity index (χ4n) is 4.20. The molecule has 1 saturated heterocycles. The molecule has 5 amide bonds. The molecule has 1 atom stereocenters. The lowest BCUT2D eigenvalue weighted by Crippen LogP contribution is -2.54. The fraction of sp³-hybridized carbons (Fsp3) is 0.320. The van der Waals surface area contributed by atoms with Crippen molar-refractivity contribution in [3.63, 3.8) is 0 Å². The second kappa shape index (κ2) is 9.96. The third-order valence-electron chi connectivity index (χ3n) is 5.91. The summed E-state index contributed by atoms with van der Waals surface area (Å²) in [5.74, 6) is -2.28. The van der Waals surface area contributed by atoms with Crippen LogP contribution in [0.25, 0.3) is 11.1 Å². The van der Waals surface area contributed by atoms with Crippen molar-refractivity contribution in [1.82, 2.24) is 15.5 Å². The van der Waals surface area contributed by atoms with E-state index in [1.165, 1.54) is 0 Å². The lowest BCUT2D eigenvalue weighted by atomic mass is 9.95. The molecule has 2 aromatic rings. The van der Waals surface area contributed by atoms with Crippen molar-refractivity contribution in [2.75, 3.05) is 19.8 Å². The number of nitrogens with one attached hydrogen (secondary N) is 2. The lowest BCUT2D eigenvalue weighted by Gasteiger charge is -2.27. The number of carbonyl (C=O) groups is 5. The van der Waals surface area contributed by atoms with Gasteiger partial charge in [-0.05, 0) is 42.5 Å². The third-order valence-corrected chi connectivity index (χ3v) is 5.91. The van der Waals surface area contributed by atoms with Gasteiger partial charge >= 0.3 is 0 Å². The molecule has 34 heavy (non-hydrogen) atoms. The van der Waals surface area contributed by atoms with Gasteiger partial charge in [0.2, 0.25) is 17.7 Å². The molecule has 0 bridgehead atoms. The van der Waals surface area contributed by atoms with E-state index in [-0.39, 0.29) is 36.5 Å². The summed E-state index contributed by atoms with van der Waals surface area (Å²) in [6.07, 6.45) is 0.817. The van der Waals surface area contributed by atoms with Crippen molar-refractivity contribution in [3.05, 3.63) is 59.2 Å². The second-order valence-electron chi connectivity index (χ2n) is 8.11. The Morgan fingerprint density at radius 3 is 2.50 bits per heavy atom. The largest absolute Gasteiger partial charge is 0.372 e. The molecule has 0 spiro atoms. The summed E-state index contributed by atoms with van der Waals surface area (Å²) >= 11 is 0. The first-order valence-electron chi connectivity index (χ1n) is 11.2. The van der Waals surface area contributed by atoms with Gasteiger partial charge < -0.3 is 10.1 Å². The zero-order valence-electron chi connectivity index (χ0n) is 18.8. The Morgan fingerprint density at radius 2 is 1.79 bits per heavy atom. The van der Waals surface area contributed by atoms with E-state index in [2.05, 4.69) is 10.6 Å². The minimum atomic E-state index is -1.00. The Bertz CT molecular complexity index is 1160. The van der Waals surface area contributed by atoms with Gasteiger partial charge in [0.05, 0.1) is 11.1 Å². The molecule has 2 aliphatic heterocycles. The zero-order valence-corrected chi connectivity index (χ0v) is 18.8. The van der Waals surface area contributed by atoms with Crippen LogP contribution in [0, 0.1) is 0 Å². The first kappa shape index (κ1) is 23.3. The molecule has 2 aliphatic rings. The number of carbonyl (C=O) groups excluding carboxylic acids is 5. The number of hydrogen-bond donors (Lipinski definition) is 2. The van der Waals surface area contributed by atoms with E-state index < -0.39 is 29.7 Å². The first-order chi connectivity index (χ1) is 16.4. The van der Waals surface area contributed by atoms with Crippen molar-refractivity contribution in [2.24, 2.45) is 0 Å². The Balaban J connectivity index is 1.50. The maximum absolute atomic E-state index is 13.3. The number of ether oxygens (including phenoxy) is 1. The molecule has 2 heterocycles. The molecule has 1 fully saturated rings. The highest BCUT2D eigenvalue weighted by Crippen LogP contribution is 2.34. The Hall–Kier alpha value is -3.85. The third kappa shape index (κ3) is 4.60. The van der Waals surface area contributed by atoms with E-state index in [0.717, 1.165) is 16.0 Å². The van der Waals surface area contributed by atoms with Gasteiger partial charge in [0.25, 0.3) is 11.8 Å². The molecule has 2 N–H and O–H groups in total. The molecule has 4 rings (SSSR count). The molecule has 2 aromatic carbocycles. The van der Waals surface area contributed by atoms with Crippen molar-refractivity contribution >= 4 is 29.5 Å². The Morgan fingerprint density at radius 1 is 1.06 bits per heavy atom. The number of amides is 5. The second-order valence-corrected chi connectivity index (χ2v) is 8.11. The van der Waals surface area contributed by atoms with Crippen LogP contribution in [-0.2, 0) is 25.5 Å². The van der Waals surface area contributed by atoms with Crippen LogP contribution in [0.2, 0.25) is 0 Å². The monoisotopic (exact) mass is 463 g/mol. The number of hydrogen-bond acceptors (Lipinski definition) is 6. The molecule has 176 valence electrons. The Kier molecular flexibility index (Phi) is 6.83. The lowest BCUT2D eigenvalue weighted by molar-refractivity contribution is -0.136. The van der Waals surface area contributed by atoms with E-state index in [1.54, 1.807) is 18.2 Å². The van der Waals surface area contributed by atoms with Gasteiger partial charge in [-0.15, -0.1) is 0 Å². The number of fused-ring (bicyclic) bond motifs is 1. The van der Waals surface area contributed by atoms with Crippen LogP contribution < -0.4 is 10.6 Å². The molecule has 9 nitrogen and oxygen atoms in total. The topological polar surface area (TPSA) is 122 Å². The molecule has 1 unspecified atom stereocenters. The summed E-state index contributed by atoms with van der Waals surface area (Å²) in [4.78, 5) is 62.6. The summed E-state index contributed by atoms with van der Waals surface area (Å²) in [5.41, 5.74) is 2.86. The number of rotatable bonds is 8. The van der Waals surface area contributed by atoms with E-state index in [1.807, 2.05) is 31.2 Å². The van der Waals surface area contributed by atoms with Crippen LogP contribution >= 0.6 is 0 Å². The zero-order chi connectivity index (χ0) is 24.2. The highest BCUT2D eigenvalue weighted by molar-refractivity contribution is 6.25. The number of nitrogens with zero attached hydrogens (tertiary/aromatic N) is 1. The van der Waals surface area contributed by atoms with Crippen molar-refractivity contribution < 1.29 is 28.7 Å². The normalized spacial score (nSPS) is 17.6. The number of benzene rings is 2. The predicted octanol–water partition coefficient (Wildman–Crippen LogP) is 1.45. The van der Waals surface area contributed by atoms with Gasteiger partial charge in [0.1, 0.15) is 12.6 Å². The average molecular weight is 463 g/mol. The average Bonchev–Trinajstić information content (AvgIpc) is 3.08. The highest BCUT2D eigenvalue weighted by atomic mass is 16.5. The van der Waals surface area contributed by atoms with E-state index in [0.29, 0.717) is 25.1 Å². The van der Waals surface area contributed by atoms with Gasteiger partial charge in [0.15, 0.2) is 0 Å². The molecule has 0 aromatic heterocycles. The van der Waals surface area contributed by atoms with Crippen molar-refractivity contribution in [1.29, 1.82) is 0 Å². The number of piperidine rings is 1. The van der Waals surface area contributed by atoms with Gasteiger partial charge in [-0.25, -0.2) is 0 Å². The summed E-state index contributed by atoms with van der Waals surface area (Å²) < 4.78 is 5.07. The maximum atomic E-state index is 13.3. The standard InChI is InChI=1S/C25H25N3O6/c1-2-34-14-21(30)26-13-12-15-6-8-16(9-7-15)17-4-3-5-18-22(17)25(33)28(24(18)32)19-10-11-20(29)27-23(19)31/h3-9,19H,2,10-14H2,1H3,(H,26,30)(H,27,29,31).